The van der Waals surface area contributed by atoms with E-state index in [1.807, 2.05) is 44.2 Å². The van der Waals surface area contributed by atoms with E-state index in [0.717, 1.165) is 5.56 Å². The van der Waals surface area contributed by atoms with Crippen molar-refractivity contribution in [1.29, 1.82) is 0 Å². The van der Waals surface area contributed by atoms with Gasteiger partial charge < -0.3 is 9.64 Å². The summed E-state index contributed by atoms with van der Waals surface area (Å²) in [7, 11) is 0. The van der Waals surface area contributed by atoms with Gasteiger partial charge in [-0.3, -0.25) is 4.79 Å². The SMILES string of the molecule is CC(C)N(CCCC(=O)CBr)C(=O)OCc1ccccc1. The van der Waals surface area contributed by atoms with E-state index in [9.17, 15) is 9.59 Å². The Labute approximate surface area is 134 Å². The van der Waals surface area contributed by atoms with Crippen LogP contribution in [-0.4, -0.2) is 34.7 Å². The molecule has 0 atom stereocenters. The molecule has 0 bridgehead atoms. The van der Waals surface area contributed by atoms with Gasteiger partial charge in [-0.2, -0.15) is 0 Å². The van der Waals surface area contributed by atoms with Crippen LogP contribution in [0, 0.1) is 0 Å². The van der Waals surface area contributed by atoms with Crippen molar-refractivity contribution in [2.45, 2.75) is 39.3 Å². The second kappa shape index (κ2) is 9.55. The number of carbonyl (C=O) groups excluding carboxylic acids is 2. The number of halogens is 1. The minimum Gasteiger partial charge on any atom is -0.445 e. The van der Waals surface area contributed by atoms with E-state index in [2.05, 4.69) is 15.9 Å². The Morgan fingerprint density at radius 2 is 1.90 bits per heavy atom. The summed E-state index contributed by atoms with van der Waals surface area (Å²) in [6.07, 6.45) is 0.795. The summed E-state index contributed by atoms with van der Waals surface area (Å²) >= 11 is 3.14. The predicted octanol–water partition coefficient (Wildman–Crippen LogP) is 3.78. The number of rotatable bonds is 8. The third kappa shape index (κ3) is 6.76. The second-order valence-electron chi connectivity index (χ2n) is 5.10. The summed E-state index contributed by atoms with van der Waals surface area (Å²) in [6, 6.07) is 9.63. The van der Waals surface area contributed by atoms with Gasteiger partial charge in [0.1, 0.15) is 12.4 Å². The maximum Gasteiger partial charge on any atom is 0.410 e. The molecule has 0 saturated heterocycles. The van der Waals surface area contributed by atoms with Gasteiger partial charge in [-0.1, -0.05) is 46.3 Å². The molecule has 116 valence electrons. The summed E-state index contributed by atoms with van der Waals surface area (Å²) in [6.45, 7) is 4.68. The molecule has 0 radical (unpaired) electrons. The van der Waals surface area contributed by atoms with E-state index in [1.54, 1.807) is 4.90 Å². The standard InChI is InChI=1S/C16H22BrNO3/c1-13(2)18(10-6-9-15(19)11-17)16(20)21-12-14-7-4-3-5-8-14/h3-5,7-8,13H,6,9-12H2,1-2H3. The van der Waals surface area contributed by atoms with Crippen LogP contribution in [0.2, 0.25) is 0 Å². The molecule has 0 spiro atoms. The van der Waals surface area contributed by atoms with Crippen molar-refractivity contribution < 1.29 is 14.3 Å². The molecular weight excluding hydrogens is 334 g/mol. The molecule has 0 aliphatic carbocycles. The fourth-order valence-corrected chi connectivity index (χ4v) is 2.16. The molecule has 0 aliphatic rings. The van der Waals surface area contributed by atoms with Crippen LogP contribution < -0.4 is 0 Å². The molecule has 0 fully saturated rings. The second-order valence-corrected chi connectivity index (χ2v) is 5.66. The zero-order chi connectivity index (χ0) is 15.7. The van der Waals surface area contributed by atoms with Crippen molar-refractivity contribution in [3.05, 3.63) is 35.9 Å². The molecule has 0 aliphatic heterocycles. The van der Waals surface area contributed by atoms with Crippen LogP contribution in [0.5, 0.6) is 0 Å². The minimum atomic E-state index is -0.333. The van der Waals surface area contributed by atoms with Crippen molar-refractivity contribution in [2.75, 3.05) is 11.9 Å². The van der Waals surface area contributed by atoms with Gasteiger partial charge in [-0.25, -0.2) is 4.79 Å². The number of hydrogen-bond acceptors (Lipinski definition) is 3. The van der Waals surface area contributed by atoms with Gasteiger partial charge in [0.15, 0.2) is 0 Å². The molecule has 0 heterocycles. The van der Waals surface area contributed by atoms with Gasteiger partial charge in [-0.05, 0) is 25.8 Å². The fraction of sp³-hybridized carbons (Fsp3) is 0.500. The summed E-state index contributed by atoms with van der Waals surface area (Å²) in [5.74, 6) is 0.149. The third-order valence-electron chi connectivity index (χ3n) is 3.07. The Hall–Kier alpha value is -1.36. The first-order chi connectivity index (χ1) is 10.0. The Kier molecular flexibility index (Phi) is 8.05. The summed E-state index contributed by atoms with van der Waals surface area (Å²) in [5, 5.41) is 0.368. The van der Waals surface area contributed by atoms with Gasteiger partial charge in [-0.15, -0.1) is 0 Å². The van der Waals surface area contributed by atoms with Crippen LogP contribution in [0.3, 0.4) is 0 Å². The lowest BCUT2D eigenvalue weighted by Crippen LogP contribution is -2.38. The molecule has 1 aromatic rings. The number of nitrogens with zero attached hydrogens (tertiary/aromatic N) is 1. The number of carbonyl (C=O) groups is 2. The molecule has 1 aromatic carbocycles. The van der Waals surface area contributed by atoms with Crippen molar-refractivity contribution in [1.82, 2.24) is 4.90 Å². The van der Waals surface area contributed by atoms with E-state index < -0.39 is 0 Å². The number of benzene rings is 1. The zero-order valence-corrected chi connectivity index (χ0v) is 14.1. The highest BCUT2D eigenvalue weighted by Crippen LogP contribution is 2.08. The Balaban J connectivity index is 2.44. The number of hydrogen-bond donors (Lipinski definition) is 0. The zero-order valence-electron chi connectivity index (χ0n) is 12.5. The van der Waals surface area contributed by atoms with Crippen LogP contribution in [0.15, 0.2) is 30.3 Å². The summed E-state index contributed by atoms with van der Waals surface area (Å²) in [4.78, 5) is 25.0. The highest BCUT2D eigenvalue weighted by atomic mass is 79.9. The van der Waals surface area contributed by atoms with E-state index in [-0.39, 0.29) is 24.5 Å². The summed E-state index contributed by atoms with van der Waals surface area (Å²) < 4.78 is 5.33. The van der Waals surface area contributed by atoms with Crippen molar-refractivity contribution in [2.24, 2.45) is 0 Å². The normalized spacial score (nSPS) is 10.5. The maximum atomic E-state index is 12.1. The lowest BCUT2D eigenvalue weighted by Gasteiger charge is -2.25. The van der Waals surface area contributed by atoms with Crippen LogP contribution in [0.25, 0.3) is 0 Å². The Morgan fingerprint density at radius 3 is 2.48 bits per heavy atom. The van der Waals surface area contributed by atoms with E-state index in [1.165, 1.54) is 0 Å². The Bertz CT molecular complexity index is 448. The average molecular weight is 356 g/mol. The monoisotopic (exact) mass is 355 g/mol. The molecule has 1 amide bonds. The maximum absolute atomic E-state index is 12.1. The van der Waals surface area contributed by atoms with E-state index in [4.69, 9.17) is 4.74 Å². The fourth-order valence-electron chi connectivity index (χ4n) is 1.88. The van der Waals surface area contributed by atoms with Crippen LogP contribution >= 0.6 is 15.9 Å². The first-order valence-electron chi connectivity index (χ1n) is 7.09. The van der Waals surface area contributed by atoms with Crippen LogP contribution in [0.1, 0.15) is 32.3 Å². The molecule has 5 heteroatoms. The molecule has 1 rings (SSSR count). The number of Topliss-reactive ketones (excluding diaryl/α,β-unsaturated/α-hetero) is 1. The molecule has 21 heavy (non-hydrogen) atoms. The molecule has 0 unspecified atom stereocenters. The number of amides is 1. The van der Waals surface area contributed by atoms with Gasteiger partial charge >= 0.3 is 6.09 Å². The number of ketones is 1. The molecule has 0 N–H and O–H groups in total. The van der Waals surface area contributed by atoms with Gasteiger partial charge in [0, 0.05) is 19.0 Å². The van der Waals surface area contributed by atoms with E-state index in [0.29, 0.717) is 24.7 Å². The molecular formula is C16H22BrNO3. The molecule has 0 saturated carbocycles. The smallest absolute Gasteiger partial charge is 0.410 e. The molecule has 0 aromatic heterocycles. The minimum absolute atomic E-state index is 0.0485. The predicted molar refractivity (Wildman–Crippen MR) is 86.5 cm³/mol. The summed E-state index contributed by atoms with van der Waals surface area (Å²) in [5.41, 5.74) is 0.962. The average Bonchev–Trinajstić information content (AvgIpc) is 2.49. The lowest BCUT2D eigenvalue weighted by molar-refractivity contribution is -0.116. The van der Waals surface area contributed by atoms with Gasteiger partial charge in [0.25, 0.3) is 0 Å². The van der Waals surface area contributed by atoms with Crippen molar-refractivity contribution >= 4 is 27.8 Å². The van der Waals surface area contributed by atoms with Gasteiger partial charge in [0.05, 0.1) is 5.33 Å². The van der Waals surface area contributed by atoms with Crippen LogP contribution in [0.4, 0.5) is 4.79 Å². The lowest BCUT2D eigenvalue weighted by atomic mass is 10.2. The quantitative estimate of drug-likeness (QED) is 0.666. The highest BCUT2D eigenvalue weighted by Gasteiger charge is 2.18. The number of ether oxygens (including phenoxy) is 1. The highest BCUT2D eigenvalue weighted by molar-refractivity contribution is 9.09. The Morgan fingerprint density at radius 1 is 1.24 bits per heavy atom. The van der Waals surface area contributed by atoms with Crippen molar-refractivity contribution in [3.8, 4) is 0 Å². The topological polar surface area (TPSA) is 46.6 Å². The first-order valence-corrected chi connectivity index (χ1v) is 8.21. The first kappa shape index (κ1) is 17.7. The molecule has 4 nitrogen and oxygen atoms in total. The van der Waals surface area contributed by atoms with Crippen LogP contribution in [-0.2, 0) is 16.1 Å². The number of alkyl halides is 1. The third-order valence-corrected chi connectivity index (χ3v) is 3.69. The largest absolute Gasteiger partial charge is 0.445 e. The van der Waals surface area contributed by atoms with Gasteiger partial charge in [0.2, 0.25) is 0 Å². The van der Waals surface area contributed by atoms with E-state index >= 15 is 0 Å². The van der Waals surface area contributed by atoms with Crippen molar-refractivity contribution in [3.63, 3.8) is 0 Å².